The van der Waals surface area contributed by atoms with E-state index in [1.165, 1.54) is 0 Å². The molecule has 0 radical (unpaired) electrons. The Morgan fingerprint density at radius 2 is 1.87 bits per heavy atom. The lowest BCUT2D eigenvalue weighted by molar-refractivity contribution is 0.263. The van der Waals surface area contributed by atoms with Gasteiger partial charge in [0.05, 0.1) is 0 Å². The van der Waals surface area contributed by atoms with Gasteiger partial charge in [-0.2, -0.15) is 0 Å². The molecule has 0 aliphatic carbocycles. The fourth-order valence-corrected chi connectivity index (χ4v) is 3.63. The minimum Gasteiger partial charge on any atom is -0.417 e. The minimum atomic E-state index is -1.73. The highest BCUT2D eigenvalue weighted by atomic mass is 32.1. The molecule has 0 aromatic carbocycles. The number of aromatic nitrogens is 2. The van der Waals surface area contributed by atoms with Crippen molar-refractivity contribution in [3.05, 3.63) is 26.9 Å². The number of aromatic amines is 2. The van der Waals surface area contributed by atoms with Crippen LogP contribution in [0.2, 0.25) is 18.1 Å². The maximum Gasteiger partial charge on any atom is 0.251 e. The lowest BCUT2D eigenvalue weighted by atomic mass is 9.91. The second-order valence-electron chi connectivity index (χ2n) is 8.27. The highest BCUT2D eigenvalue weighted by molar-refractivity contribution is 7.71. The fourth-order valence-electron chi connectivity index (χ4n) is 2.35. The summed E-state index contributed by atoms with van der Waals surface area (Å²) in [5.41, 5.74) is 0.786. The van der Waals surface area contributed by atoms with E-state index in [0.29, 0.717) is 10.7 Å². The minimum absolute atomic E-state index is 0.136. The van der Waals surface area contributed by atoms with Gasteiger partial charge in [0.15, 0.2) is 13.1 Å². The van der Waals surface area contributed by atoms with Gasteiger partial charge in [0, 0.05) is 24.3 Å². The summed E-state index contributed by atoms with van der Waals surface area (Å²) in [6, 6.07) is 1.63. The summed E-state index contributed by atoms with van der Waals surface area (Å²) < 4.78 is 6.70. The van der Waals surface area contributed by atoms with Crippen molar-refractivity contribution in [2.24, 2.45) is 5.92 Å². The molecule has 23 heavy (non-hydrogen) atoms. The molecule has 4 nitrogen and oxygen atoms in total. The van der Waals surface area contributed by atoms with Crippen LogP contribution in [0.1, 0.15) is 59.1 Å². The molecule has 1 aromatic heterocycles. The molecular formula is C17H32N2O2SSi. The van der Waals surface area contributed by atoms with Crippen LogP contribution in [0.15, 0.2) is 10.9 Å². The first-order valence-corrected chi connectivity index (χ1v) is 11.7. The van der Waals surface area contributed by atoms with E-state index in [-0.39, 0.29) is 16.5 Å². The first-order valence-electron chi connectivity index (χ1n) is 8.40. The molecule has 1 rings (SSSR count). The van der Waals surface area contributed by atoms with Crippen LogP contribution in [-0.2, 0) is 4.43 Å². The van der Waals surface area contributed by atoms with E-state index in [0.717, 1.165) is 25.1 Å². The van der Waals surface area contributed by atoms with E-state index in [4.69, 9.17) is 16.6 Å². The Kier molecular flexibility index (Phi) is 6.98. The Balaban J connectivity index is 2.84. The highest BCUT2D eigenvalue weighted by Crippen LogP contribution is 2.37. The molecular weight excluding hydrogens is 324 g/mol. The third-order valence-electron chi connectivity index (χ3n) is 4.71. The van der Waals surface area contributed by atoms with Crippen LogP contribution in [-0.4, -0.2) is 24.9 Å². The van der Waals surface area contributed by atoms with Crippen LogP contribution >= 0.6 is 12.2 Å². The maximum absolute atomic E-state index is 11.7. The van der Waals surface area contributed by atoms with Crippen molar-refractivity contribution in [2.75, 3.05) is 6.61 Å². The summed E-state index contributed by atoms with van der Waals surface area (Å²) in [5.74, 6) is 0.817. The normalized spacial score (nSPS) is 14.3. The van der Waals surface area contributed by atoms with Crippen LogP contribution in [0.3, 0.4) is 0 Å². The Morgan fingerprint density at radius 1 is 1.26 bits per heavy atom. The predicted molar refractivity (Wildman–Crippen MR) is 102 cm³/mol. The summed E-state index contributed by atoms with van der Waals surface area (Å²) in [6.45, 7) is 16.4. The molecule has 1 aromatic rings. The van der Waals surface area contributed by atoms with E-state index in [2.05, 4.69) is 57.7 Å². The highest BCUT2D eigenvalue weighted by Gasteiger charge is 2.37. The van der Waals surface area contributed by atoms with E-state index in [9.17, 15) is 4.79 Å². The van der Waals surface area contributed by atoms with Crippen LogP contribution in [0.4, 0.5) is 0 Å². The molecule has 6 heteroatoms. The summed E-state index contributed by atoms with van der Waals surface area (Å²) >= 11 is 5.11. The molecule has 0 bridgehead atoms. The third-order valence-corrected chi connectivity index (χ3v) is 9.45. The molecule has 1 heterocycles. The standard InChI is InChI=1S/C17H32N2O2SSi/c1-12(2)10-13(14-11-15(20)19-16(22)18-14)8-9-21-23(6,7)17(3,4)5/h11-13H,8-10H2,1-7H3,(H2,18,19,20,22). The van der Waals surface area contributed by atoms with Crippen LogP contribution in [0.5, 0.6) is 0 Å². The van der Waals surface area contributed by atoms with Gasteiger partial charge in [0.25, 0.3) is 5.56 Å². The van der Waals surface area contributed by atoms with Gasteiger partial charge in [-0.1, -0.05) is 34.6 Å². The maximum atomic E-state index is 11.7. The zero-order valence-electron chi connectivity index (χ0n) is 15.6. The van der Waals surface area contributed by atoms with Crippen molar-refractivity contribution in [3.63, 3.8) is 0 Å². The summed E-state index contributed by atoms with van der Waals surface area (Å²) in [5, 5.41) is 0.213. The number of hydrogen-bond donors (Lipinski definition) is 2. The van der Waals surface area contributed by atoms with Crippen molar-refractivity contribution in [1.82, 2.24) is 9.97 Å². The van der Waals surface area contributed by atoms with Crippen LogP contribution in [0.25, 0.3) is 0 Å². The Hall–Kier alpha value is -0.723. The number of H-pyrrole nitrogens is 2. The van der Waals surface area contributed by atoms with Crippen molar-refractivity contribution in [3.8, 4) is 0 Å². The van der Waals surface area contributed by atoms with Crippen LogP contribution in [0, 0.1) is 10.7 Å². The first kappa shape index (κ1) is 20.3. The molecule has 0 amide bonds. The zero-order valence-corrected chi connectivity index (χ0v) is 17.4. The molecule has 0 fully saturated rings. The largest absolute Gasteiger partial charge is 0.417 e. The van der Waals surface area contributed by atoms with Gasteiger partial charge < -0.3 is 9.41 Å². The van der Waals surface area contributed by atoms with Crippen molar-refractivity contribution in [2.45, 2.75) is 71.5 Å². The molecule has 1 atom stereocenters. The Labute approximate surface area is 146 Å². The average Bonchev–Trinajstić information content (AvgIpc) is 2.34. The van der Waals surface area contributed by atoms with Gasteiger partial charge in [0.1, 0.15) is 0 Å². The van der Waals surface area contributed by atoms with Gasteiger partial charge >= 0.3 is 0 Å². The zero-order chi connectivity index (χ0) is 17.8. The summed E-state index contributed by atoms with van der Waals surface area (Å²) in [4.78, 5) is 17.4. The molecule has 0 saturated carbocycles. The monoisotopic (exact) mass is 356 g/mol. The van der Waals surface area contributed by atoms with Crippen molar-refractivity contribution < 1.29 is 4.43 Å². The lowest BCUT2D eigenvalue weighted by Gasteiger charge is -2.36. The lowest BCUT2D eigenvalue weighted by Crippen LogP contribution is -2.41. The average molecular weight is 357 g/mol. The molecule has 2 N–H and O–H groups in total. The summed E-state index contributed by atoms with van der Waals surface area (Å²) in [7, 11) is -1.73. The van der Waals surface area contributed by atoms with Gasteiger partial charge in [-0.15, -0.1) is 0 Å². The van der Waals surface area contributed by atoms with E-state index in [1.807, 2.05) is 0 Å². The number of hydrogen-bond acceptors (Lipinski definition) is 3. The second-order valence-corrected chi connectivity index (χ2v) is 13.5. The SMILES string of the molecule is CC(C)CC(CCO[Si](C)(C)C(C)(C)C)c1cc(=O)[nH]c(=S)[nH]1. The van der Waals surface area contributed by atoms with Crippen LogP contribution < -0.4 is 5.56 Å². The van der Waals surface area contributed by atoms with Gasteiger partial charge in [0.2, 0.25) is 0 Å². The molecule has 132 valence electrons. The Morgan fingerprint density at radius 3 is 2.35 bits per heavy atom. The second kappa shape index (κ2) is 7.90. The molecule has 0 saturated heterocycles. The van der Waals surface area contributed by atoms with Gasteiger partial charge in [-0.05, 0) is 49.1 Å². The molecule has 0 spiro atoms. The fraction of sp³-hybridized carbons (Fsp3) is 0.765. The third kappa shape index (κ3) is 6.35. The quantitative estimate of drug-likeness (QED) is 0.535. The smallest absolute Gasteiger partial charge is 0.251 e. The van der Waals surface area contributed by atoms with E-state index >= 15 is 0 Å². The molecule has 0 aliphatic heterocycles. The van der Waals surface area contributed by atoms with Crippen molar-refractivity contribution in [1.29, 1.82) is 0 Å². The van der Waals surface area contributed by atoms with E-state index < -0.39 is 8.32 Å². The van der Waals surface area contributed by atoms with Crippen molar-refractivity contribution >= 4 is 20.5 Å². The number of nitrogens with one attached hydrogen (secondary N) is 2. The van der Waals surface area contributed by atoms with Gasteiger partial charge in [-0.25, -0.2) is 0 Å². The van der Waals surface area contributed by atoms with Gasteiger partial charge in [-0.3, -0.25) is 9.78 Å². The Bertz CT molecular complexity index is 586. The topological polar surface area (TPSA) is 57.9 Å². The predicted octanol–water partition coefficient (Wildman–Crippen LogP) is 4.97. The van der Waals surface area contributed by atoms with E-state index in [1.54, 1.807) is 6.07 Å². The number of rotatable bonds is 7. The molecule has 0 aliphatic rings. The molecule has 1 unspecified atom stereocenters. The first-order chi connectivity index (χ1) is 10.4. The summed E-state index contributed by atoms with van der Waals surface area (Å²) in [6.07, 6.45) is 1.91.